The average molecular weight is 270 g/mol. The van der Waals surface area contributed by atoms with E-state index in [0.29, 0.717) is 0 Å². The number of rotatable bonds is 0. The van der Waals surface area contributed by atoms with Gasteiger partial charge in [-0.2, -0.15) is 0 Å². The zero-order valence-electron chi connectivity index (χ0n) is 8.53. The van der Waals surface area contributed by atoms with Gasteiger partial charge in [0.05, 0.1) is 0 Å². The van der Waals surface area contributed by atoms with Gasteiger partial charge in [-0.15, -0.1) is 13.1 Å². The minimum atomic E-state index is -3.28. The molecule has 14 heavy (non-hydrogen) atoms. The first-order chi connectivity index (χ1) is 6.20. The largest absolute Gasteiger partial charge is 0.764 e. The molecule has 0 saturated carbocycles. The molecular weight excluding hydrogens is 256 g/mol. The van der Waals surface area contributed by atoms with Crippen LogP contribution < -0.4 is 0 Å². The van der Waals surface area contributed by atoms with Crippen molar-refractivity contribution in [1.82, 2.24) is 0 Å². The summed E-state index contributed by atoms with van der Waals surface area (Å²) in [6.45, 7) is 6.41. The Bertz CT molecular complexity index is 190. The Labute approximate surface area is 88.8 Å². The third kappa shape index (κ3) is 4.01. The normalized spacial score (nSPS) is 43.3. The Morgan fingerprint density at radius 2 is 1.29 bits per heavy atom. The maximum atomic E-state index is 9.72. The van der Waals surface area contributed by atoms with Gasteiger partial charge in [-0.05, 0) is 18.6 Å². The van der Waals surface area contributed by atoms with Gasteiger partial charge >= 0.3 is 17.6 Å². The van der Waals surface area contributed by atoms with Crippen molar-refractivity contribution in [1.29, 1.82) is 0 Å². The number of hydrogen-bond donors (Lipinski definition) is 2. The van der Waals surface area contributed by atoms with Crippen molar-refractivity contribution < 1.29 is 26.1 Å². The van der Waals surface area contributed by atoms with Crippen molar-refractivity contribution in [3.8, 4) is 0 Å². The molecule has 0 radical (unpaired) electrons. The highest BCUT2D eigenvalue weighted by Gasteiger charge is 2.40. The first-order valence-corrected chi connectivity index (χ1v) is 12.2. The molecule has 1 aliphatic rings. The van der Waals surface area contributed by atoms with Crippen molar-refractivity contribution >= 4 is 36.2 Å². The molecule has 1 saturated heterocycles. The van der Waals surface area contributed by atoms with Gasteiger partial charge in [0.25, 0.3) is 0 Å². The number of hydrogen-bond acceptors (Lipinski definition) is 6. The Balaban J connectivity index is 2.73. The Hall–Kier alpha value is 0.628. The minimum Gasteiger partial charge on any atom is -0.764 e. The molecule has 6 nitrogen and oxygen atoms in total. The van der Waals surface area contributed by atoms with Gasteiger partial charge in [-0.25, -0.2) is 0 Å². The average Bonchev–Trinajstić information content (AvgIpc) is 1.74. The monoisotopic (exact) mass is 270 g/mol. The van der Waals surface area contributed by atoms with Crippen LogP contribution in [-0.4, -0.2) is 45.8 Å². The van der Waals surface area contributed by atoms with E-state index in [-0.39, 0.29) is 0 Å². The predicted octanol–water partition coefficient (Wildman–Crippen LogP) is -0.576. The quantitative estimate of drug-likeness (QED) is 0.574. The van der Waals surface area contributed by atoms with Gasteiger partial charge in [0.1, 0.15) is 0 Å². The predicted molar refractivity (Wildman–Crippen MR) is 55.2 cm³/mol. The summed E-state index contributed by atoms with van der Waals surface area (Å²) in [5, 5.41) is 0. The summed E-state index contributed by atoms with van der Waals surface area (Å²) < 4.78 is 21.0. The van der Waals surface area contributed by atoms with E-state index in [1.165, 1.54) is 13.1 Å². The van der Waals surface area contributed by atoms with Crippen LogP contribution in [-0.2, 0) is 16.5 Å². The van der Waals surface area contributed by atoms with E-state index >= 15 is 0 Å². The van der Waals surface area contributed by atoms with Crippen molar-refractivity contribution in [3.63, 3.8) is 0 Å². The lowest BCUT2D eigenvalue weighted by atomic mass is 11.9. The molecule has 0 amide bonds. The lowest BCUT2D eigenvalue weighted by Gasteiger charge is -2.51. The van der Waals surface area contributed by atoms with Crippen LogP contribution in [0.3, 0.4) is 0 Å². The van der Waals surface area contributed by atoms with E-state index in [9.17, 15) is 9.59 Å². The second kappa shape index (κ2) is 4.24. The van der Waals surface area contributed by atoms with E-state index in [1.807, 2.05) is 0 Å². The van der Waals surface area contributed by atoms with E-state index in [0.717, 1.165) is 0 Å². The van der Waals surface area contributed by atoms with E-state index in [1.54, 1.807) is 13.1 Å². The SMILES string of the molecule is C[Si-]1O[Si-](C)O[Si](C)(O)O[Si](C)(O)O1. The molecule has 1 rings (SSSR count). The molecule has 0 aliphatic carbocycles. The van der Waals surface area contributed by atoms with E-state index < -0.39 is 36.2 Å². The van der Waals surface area contributed by atoms with E-state index in [2.05, 4.69) is 0 Å². The van der Waals surface area contributed by atoms with Gasteiger partial charge in [0.15, 0.2) is 0 Å². The Morgan fingerprint density at radius 1 is 0.929 bits per heavy atom. The molecule has 2 atom stereocenters. The Morgan fingerprint density at radius 3 is 1.64 bits per heavy atom. The van der Waals surface area contributed by atoms with Crippen LogP contribution in [0.2, 0.25) is 26.2 Å². The van der Waals surface area contributed by atoms with Crippen molar-refractivity contribution in [2.24, 2.45) is 0 Å². The zero-order chi connectivity index (χ0) is 11.0. The smallest absolute Gasteiger partial charge is 0.446 e. The Kier molecular flexibility index (Phi) is 3.85. The molecule has 0 spiro atoms. The topological polar surface area (TPSA) is 77.4 Å². The van der Waals surface area contributed by atoms with Crippen molar-refractivity contribution in [3.05, 3.63) is 0 Å². The molecular formula is C4H14O6Si4-2. The third-order valence-electron chi connectivity index (χ3n) is 1.33. The van der Waals surface area contributed by atoms with Gasteiger partial charge in [-0.3, -0.25) is 0 Å². The second-order valence-corrected chi connectivity index (χ2v) is 12.0. The fourth-order valence-corrected chi connectivity index (χ4v) is 12.0. The zero-order valence-corrected chi connectivity index (χ0v) is 12.5. The molecule has 0 aromatic rings. The first kappa shape index (κ1) is 12.7. The van der Waals surface area contributed by atoms with Crippen LogP contribution in [0.4, 0.5) is 0 Å². The second-order valence-electron chi connectivity index (χ2n) is 3.19. The highest BCUT2D eigenvalue weighted by atomic mass is 28.5. The third-order valence-corrected chi connectivity index (χ3v) is 12.0. The first-order valence-electron chi connectivity index (χ1n) is 4.08. The van der Waals surface area contributed by atoms with Gasteiger partial charge in [0.2, 0.25) is 0 Å². The molecule has 10 heteroatoms. The molecule has 0 aromatic heterocycles. The van der Waals surface area contributed by atoms with Gasteiger partial charge in [-0.1, -0.05) is 0 Å². The highest BCUT2D eigenvalue weighted by molar-refractivity contribution is 6.81. The molecule has 1 aliphatic heterocycles. The van der Waals surface area contributed by atoms with Crippen LogP contribution in [0.1, 0.15) is 0 Å². The van der Waals surface area contributed by atoms with Gasteiger partial charge < -0.3 is 26.1 Å². The van der Waals surface area contributed by atoms with Crippen molar-refractivity contribution in [2.75, 3.05) is 0 Å². The molecule has 2 unspecified atom stereocenters. The van der Waals surface area contributed by atoms with Crippen molar-refractivity contribution in [2.45, 2.75) is 26.2 Å². The molecule has 84 valence electrons. The van der Waals surface area contributed by atoms with Crippen LogP contribution in [0.15, 0.2) is 0 Å². The van der Waals surface area contributed by atoms with Crippen LogP contribution in [0.5, 0.6) is 0 Å². The summed E-state index contributed by atoms with van der Waals surface area (Å²) in [7, 11) is -9.63. The molecule has 0 aromatic carbocycles. The molecule has 1 heterocycles. The maximum absolute atomic E-state index is 9.72. The lowest BCUT2D eigenvalue weighted by Crippen LogP contribution is -2.59. The summed E-state index contributed by atoms with van der Waals surface area (Å²) in [5.74, 6) is 0. The summed E-state index contributed by atoms with van der Waals surface area (Å²) in [4.78, 5) is 19.4. The molecule has 1 fully saturated rings. The lowest BCUT2D eigenvalue weighted by molar-refractivity contribution is 0.148. The fraction of sp³-hybridized carbons (Fsp3) is 1.00. The fourth-order valence-electron chi connectivity index (χ4n) is 1.17. The van der Waals surface area contributed by atoms with Gasteiger partial charge in [0, 0.05) is 13.1 Å². The highest BCUT2D eigenvalue weighted by Crippen LogP contribution is 2.18. The van der Waals surface area contributed by atoms with Crippen LogP contribution in [0, 0.1) is 0 Å². The molecule has 2 N–H and O–H groups in total. The summed E-state index contributed by atoms with van der Waals surface area (Å²) in [6, 6.07) is 0. The minimum absolute atomic E-state index is 1.45. The maximum Gasteiger partial charge on any atom is 0.446 e. The van der Waals surface area contributed by atoms with Crippen LogP contribution >= 0.6 is 0 Å². The summed E-state index contributed by atoms with van der Waals surface area (Å²) in [6.07, 6.45) is 0. The van der Waals surface area contributed by atoms with Crippen LogP contribution in [0.25, 0.3) is 0 Å². The summed E-state index contributed by atoms with van der Waals surface area (Å²) in [5.41, 5.74) is 0. The standard InChI is InChI=1S/C4H14O6Si4/c1-11-7-12(2)9-14(4,6)10-13(3,5)8-11/h5-6H,1-4H3/q-2. The van der Waals surface area contributed by atoms with E-state index in [4.69, 9.17) is 16.5 Å². The summed E-state index contributed by atoms with van der Waals surface area (Å²) >= 11 is 0. The molecule has 0 bridgehead atoms.